The van der Waals surface area contributed by atoms with E-state index in [0.29, 0.717) is 48.5 Å². The van der Waals surface area contributed by atoms with Crippen LogP contribution in [0.1, 0.15) is 62.9 Å². The summed E-state index contributed by atoms with van der Waals surface area (Å²) in [6, 6.07) is 11.1. The molecule has 0 amide bonds. The van der Waals surface area contributed by atoms with Crippen LogP contribution in [0, 0.1) is 40.8 Å². The molecule has 0 aromatic heterocycles. The average molecular weight is 665 g/mol. The first-order valence-corrected chi connectivity index (χ1v) is 15.3. The first kappa shape index (κ1) is 34.4. The highest BCUT2D eigenvalue weighted by Crippen LogP contribution is 2.39. The Hall–Kier alpha value is -3.96. The van der Waals surface area contributed by atoms with Crippen LogP contribution in [0.4, 0.5) is 35.1 Å². The van der Waals surface area contributed by atoms with Gasteiger partial charge >= 0.3 is 6.11 Å². The van der Waals surface area contributed by atoms with Crippen LogP contribution in [0.2, 0.25) is 0 Å². The Labute approximate surface area is 267 Å². The van der Waals surface area contributed by atoms with Crippen LogP contribution in [-0.2, 0) is 15.6 Å². The Morgan fingerprint density at radius 3 is 1.85 bits per heavy atom. The number of rotatable bonds is 12. The van der Waals surface area contributed by atoms with Crippen LogP contribution in [0.15, 0.2) is 66.7 Å². The van der Waals surface area contributed by atoms with E-state index in [0.717, 1.165) is 37.1 Å². The van der Waals surface area contributed by atoms with Crippen molar-refractivity contribution < 1.29 is 49.3 Å². The molecule has 4 aromatic rings. The second-order valence-corrected chi connectivity index (χ2v) is 11.5. The summed E-state index contributed by atoms with van der Waals surface area (Å²) in [5.41, 5.74) is -1.54. The quantitative estimate of drug-likeness (QED) is 0.0857. The minimum absolute atomic E-state index is 0.0196. The molecular weight excluding hydrogens is 632 g/mol. The van der Waals surface area contributed by atoms with Gasteiger partial charge in [-0.15, -0.1) is 0 Å². The lowest BCUT2D eigenvalue weighted by molar-refractivity contribution is -0.206. The zero-order valence-electron chi connectivity index (χ0n) is 25.4. The standard InChI is InChI=1S/C36H32F8O3/c1-2-3-4-5-6-7-21-19-45-35(46-20-21)23-10-8-22(9-11-23)24-14-29(38)33(30(39)15-24)36(43,44)47-26-12-13-27(28(37)18-26)25-16-31(40)34(42)32(41)17-25/h8-18,21,35H,2-7,19-20H2,1H3. The number of ether oxygens (including phenoxy) is 3. The molecule has 5 rings (SSSR count). The van der Waals surface area contributed by atoms with Gasteiger partial charge in [0.25, 0.3) is 0 Å². The molecule has 11 heteroatoms. The Morgan fingerprint density at radius 1 is 0.660 bits per heavy atom. The number of hydrogen-bond donors (Lipinski definition) is 0. The van der Waals surface area contributed by atoms with Crippen LogP contribution < -0.4 is 4.74 Å². The van der Waals surface area contributed by atoms with Gasteiger partial charge in [-0.2, -0.15) is 8.78 Å². The largest absolute Gasteiger partial charge is 0.432 e. The molecule has 0 atom stereocenters. The van der Waals surface area contributed by atoms with Gasteiger partial charge in [-0.25, -0.2) is 26.3 Å². The Balaban J connectivity index is 1.24. The van der Waals surface area contributed by atoms with Crippen molar-refractivity contribution in [3.05, 3.63) is 113 Å². The zero-order chi connectivity index (χ0) is 33.7. The molecule has 0 N–H and O–H groups in total. The second kappa shape index (κ2) is 14.9. The molecular formula is C36H32F8O3. The van der Waals surface area contributed by atoms with Crippen molar-refractivity contribution >= 4 is 0 Å². The zero-order valence-corrected chi connectivity index (χ0v) is 25.4. The first-order valence-electron chi connectivity index (χ1n) is 15.3. The van der Waals surface area contributed by atoms with E-state index in [2.05, 4.69) is 11.7 Å². The van der Waals surface area contributed by atoms with Gasteiger partial charge in [0.1, 0.15) is 28.8 Å². The van der Waals surface area contributed by atoms with Crippen molar-refractivity contribution in [2.75, 3.05) is 13.2 Å². The van der Waals surface area contributed by atoms with Crippen molar-refractivity contribution in [2.24, 2.45) is 5.92 Å². The molecule has 4 aromatic carbocycles. The van der Waals surface area contributed by atoms with Crippen molar-refractivity contribution in [1.82, 2.24) is 0 Å². The van der Waals surface area contributed by atoms with Gasteiger partial charge in [0, 0.05) is 23.1 Å². The molecule has 1 fully saturated rings. The predicted octanol–water partition coefficient (Wildman–Crippen LogP) is 11.0. The molecule has 3 nitrogen and oxygen atoms in total. The first-order chi connectivity index (χ1) is 22.5. The van der Waals surface area contributed by atoms with Gasteiger partial charge in [0.05, 0.1) is 13.2 Å². The highest BCUT2D eigenvalue weighted by Gasteiger charge is 2.41. The molecule has 250 valence electrons. The fraction of sp³-hybridized carbons (Fsp3) is 0.333. The molecule has 0 aliphatic carbocycles. The monoisotopic (exact) mass is 664 g/mol. The Morgan fingerprint density at radius 2 is 1.26 bits per heavy atom. The number of unbranched alkanes of at least 4 members (excludes halogenated alkanes) is 4. The molecule has 1 heterocycles. The van der Waals surface area contributed by atoms with Gasteiger partial charge in [0.15, 0.2) is 23.7 Å². The average Bonchev–Trinajstić information content (AvgIpc) is 3.03. The molecule has 1 saturated heterocycles. The van der Waals surface area contributed by atoms with Gasteiger partial charge < -0.3 is 14.2 Å². The van der Waals surface area contributed by atoms with E-state index >= 15 is 17.6 Å². The van der Waals surface area contributed by atoms with Gasteiger partial charge in [-0.3, -0.25) is 0 Å². The normalized spacial score (nSPS) is 16.8. The number of halogens is 8. The number of alkyl halides is 2. The summed E-state index contributed by atoms with van der Waals surface area (Å²) in [6.45, 7) is 3.28. The maximum Gasteiger partial charge on any atom is 0.432 e. The molecule has 1 aliphatic rings. The van der Waals surface area contributed by atoms with Gasteiger partial charge in [-0.1, -0.05) is 63.3 Å². The van der Waals surface area contributed by atoms with Crippen LogP contribution in [-0.4, -0.2) is 13.2 Å². The maximum absolute atomic E-state index is 15.0. The topological polar surface area (TPSA) is 27.7 Å². The summed E-state index contributed by atoms with van der Waals surface area (Å²) in [4.78, 5) is 0. The smallest absolute Gasteiger partial charge is 0.429 e. The van der Waals surface area contributed by atoms with Crippen LogP contribution in [0.5, 0.6) is 5.75 Å². The van der Waals surface area contributed by atoms with E-state index in [9.17, 15) is 17.6 Å². The lowest BCUT2D eigenvalue weighted by Crippen LogP contribution is -2.27. The third-order valence-corrected chi connectivity index (χ3v) is 8.01. The van der Waals surface area contributed by atoms with Crippen LogP contribution >= 0.6 is 0 Å². The molecule has 47 heavy (non-hydrogen) atoms. The van der Waals surface area contributed by atoms with Crippen molar-refractivity contribution in [3.63, 3.8) is 0 Å². The third kappa shape index (κ3) is 8.13. The van der Waals surface area contributed by atoms with E-state index in [-0.39, 0.29) is 5.56 Å². The summed E-state index contributed by atoms with van der Waals surface area (Å²) in [7, 11) is 0. The highest BCUT2D eigenvalue weighted by molar-refractivity contribution is 5.66. The van der Waals surface area contributed by atoms with Gasteiger partial charge in [-0.05, 0) is 59.5 Å². The van der Waals surface area contributed by atoms with Crippen LogP contribution in [0.25, 0.3) is 22.3 Å². The van der Waals surface area contributed by atoms with Gasteiger partial charge in [0.2, 0.25) is 0 Å². The van der Waals surface area contributed by atoms with Crippen LogP contribution in [0.3, 0.4) is 0 Å². The number of benzene rings is 4. The lowest BCUT2D eigenvalue weighted by Gasteiger charge is -2.29. The maximum atomic E-state index is 15.0. The fourth-order valence-corrected chi connectivity index (χ4v) is 5.49. The van der Waals surface area contributed by atoms with E-state index in [1.807, 2.05) is 0 Å². The van der Waals surface area contributed by atoms with E-state index in [1.54, 1.807) is 24.3 Å². The summed E-state index contributed by atoms with van der Waals surface area (Å²) >= 11 is 0. The summed E-state index contributed by atoms with van der Waals surface area (Å²) in [6.07, 6.45) is 1.80. The molecule has 0 saturated carbocycles. The lowest BCUT2D eigenvalue weighted by atomic mass is 10.00. The summed E-state index contributed by atoms with van der Waals surface area (Å²) in [5.74, 6) is -9.92. The molecule has 1 aliphatic heterocycles. The highest BCUT2D eigenvalue weighted by atomic mass is 19.3. The number of hydrogen-bond acceptors (Lipinski definition) is 3. The minimum atomic E-state index is -4.58. The van der Waals surface area contributed by atoms with Crippen molar-refractivity contribution in [3.8, 4) is 28.0 Å². The molecule has 0 spiro atoms. The van der Waals surface area contributed by atoms with E-state index in [4.69, 9.17) is 9.47 Å². The minimum Gasteiger partial charge on any atom is -0.429 e. The molecule has 0 radical (unpaired) electrons. The second-order valence-electron chi connectivity index (χ2n) is 11.5. The third-order valence-electron chi connectivity index (χ3n) is 8.01. The Kier molecular flexibility index (Phi) is 10.9. The van der Waals surface area contributed by atoms with E-state index < -0.39 is 69.7 Å². The summed E-state index contributed by atoms with van der Waals surface area (Å²) in [5, 5.41) is 0. The van der Waals surface area contributed by atoms with E-state index in [1.165, 1.54) is 25.7 Å². The van der Waals surface area contributed by atoms with Crippen molar-refractivity contribution in [1.29, 1.82) is 0 Å². The fourth-order valence-electron chi connectivity index (χ4n) is 5.49. The molecule has 0 unspecified atom stereocenters. The van der Waals surface area contributed by atoms with Crippen molar-refractivity contribution in [2.45, 2.75) is 57.8 Å². The Bertz CT molecular complexity index is 1640. The summed E-state index contributed by atoms with van der Waals surface area (Å²) < 4.78 is 131. The SMILES string of the molecule is CCCCCCCC1COC(c2ccc(-c3cc(F)c(C(F)(F)Oc4ccc(-c5cc(F)c(F)c(F)c5)c(F)c4)c(F)c3)cc2)OC1. The predicted molar refractivity (Wildman–Crippen MR) is 160 cm³/mol. The molecule has 0 bridgehead atoms.